The largest absolute Gasteiger partial charge is 0.425 e. The summed E-state index contributed by atoms with van der Waals surface area (Å²) in [5, 5.41) is 0. The first-order valence-electron chi connectivity index (χ1n) is 2.97. The number of nitrogens with zero attached hydrogens (tertiary/aromatic N) is 1. The molecule has 0 saturated heterocycles. The van der Waals surface area contributed by atoms with Crippen LogP contribution in [0.4, 0.5) is 0 Å². The standard InChI is InChI=1S/C7H6BrNO2/c1-5(10)11-7-2-6(8)3-9-4-7/h2-4H,1H3. The second-order valence-electron chi connectivity index (χ2n) is 1.93. The van der Waals surface area contributed by atoms with E-state index in [2.05, 4.69) is 20.9 Å². The van der Waals surface area contributed by atoms with Gasteiger partial charge in [-0.15, -0.1) is 0 Å². The van der Waals surface area contributed by atoms with Crippen LogP contribution in [0.25, 0.3) is 0 Å². The summed E-state index contributed by atoms with van der Waals surface area (Å²) in [5.41, 5.74) is 0. The average molecular weight is 216 g/mol. The van der Waals surface area contributed by atoms with Crippen molar-refractivity contribution in [3.05, 3.63) is 22.9 Å². The lowest BCUT2D eigenvalue weighted by Crippen LogP contribution is -2.01. The zero-order valence-electron chi connectivity index (χ0n) is 5.87. The highest BCUT2D eigenvalue weighted by Crippen LogP contribution is 2.15. The van der Waals surface area contributed by atoms with E-state index in [0.29, 0.717) is 5.75 Å². The van der Waals surface area contributed by atoms with Crippen LogP contribution >= 0.6 is 15.9 Å². The predicted molar refractivity (Wildman–Crippen MR) is 43.2 cm³/mol. The second kappa shape index (κ2) is 3.48. The zero-order chi connectivity index (χ0) is 8.27. The first-order chi connectivity index (χ1) is 5.18. The molecule has 0 aromatic carbocycles. The summed E-state index contributed by atoms with van der Waals surface area (Å²) < 4.78 is 5.55. The average Bonchev–Trinajstić information content (AvgIpc) is 1.85. The van der Waals surface area contributed by atoms with Crippen molar-refractivity contribution >= 4 is 21.9 Å². The minimum atomic E-state index is -0.343. The summed E-state index contributed by atoms with van der Waals surface area (Å²) in [5.74, 6) is 0.108. The number of esters is 1. The third-order valence-electron chi connectivity index (χ3n) is 0.941. The molecule has 58 valence electrons. The maximum atomic E-state index is 10.5. The Kier molecular flexibility index (Phi) is 2.59. The van der Waals surface area contributed by atoms with Crippen LogP contribution in [-0.4, -0.2) is 11.0 Å². The summed E-state index contributed by atoms with van der Waals surface area (Å²) in [6.45, 7) is 1.35. The van der Waals surface area contributed by atoms with E-state index >= 15 is 0 Å². The highest BCUT2D eigenvalue weighted by atomic mass is 79.9. The van der Waals surface area contributed by atoms with E-state index in [4.69, 9.17) is 4.74 Å². The SMILES string of the molecule is CC(=O)Oc1cncc(Br)c1. The topological polar surface area (TPSA) is 39.2 Å². The minimum Gasteiger partial charge on any atom is -0.425 e. The van der Waals surface area contributed by atoms with E-state index in [9.17, 15) is 4.79 Å². The van der Waals surface area contributed by atoms with Crippen molar-refractivity contribution in [1.82, 2.24) is 4.98 Å². The van der Waals surface area contributed by atoms with E-state index in [1.54, 1.807) is 12.3 Å². The Hall–Kier alpha value is -0.900. The summed E-state index contributed by atoms with van der Waals surface area (Å²) in [7, 11) is 0. The lowest BCUT2D eigenvalue weighted by Gasteiger charge is -1.98. The van der Waals surface area contributed by atoms with Gasteiger partial charge >= 0.3 is 5.97 Å². The van der Waals surface area contributed by atoms with Crippen LogP contribution < -0.4 is 4.74 Å². The summed E-state index contributed by atoms with van der Waals surface area (Å²) in [4.78, 5) is 14.3. The summed E-state index contributed by atoms with van der Waals surface area (Å²) in [6, 6.07) is 1.68. The Labute approximate surface area is 72.5 Å². The van der Waals surface area contributed by atoms with Crippen LogP contribution in [0.1, 0.15) is 6.92 Å². The van der Waals surface area contributed by atoms with Gasteiger partial charge in [0.25, 0.3) is 0 Å². The predicted octanol–water partition coefficient (Wildman–Crippen LogP) is 1.77. The van der Waals surface area contributed by atoms with Crippen LogP contribution in [0.3, 0.4) is 0 Å². The first kappa shape index (κ1) is 8.20. The fraction of sp³-hybridized carbons (Fsp3) is 0.143. The van der Waals surface area contributed by atoms with Gasteiger partial charge in [0.2, 0.25) is 0 Å². The maximum Gasteiger partial charge on any atom is 0.308 e. The van der Waals surface area contributed by atoms with Crippen molar-refractivity contribution in [3.63, 3.8) is 0 Å². The van der Waals surface area contributed by atoms with Crippen molar-refractivity contribution in [2.24, 2.45) is 0 Å². The van der Waals surface area contributed by atoms with Gasteiger partial charge < -0.3 is 4.74 Å². The summed E-state index contributed by atoms with van der Waals surface area (Å²) >= 11 is 3.20. The Morgan fingerprint density at radius 2 is 2.36 bits per heavy atom. The van der Waals surface area contributed by atoms with Crippen molar-refractivity contribution < 1.29 is 9.53 Å². The molecule has 1 aromatic heterocycles. The van der Waals surface area contributed by atoms with Gasteiger partial charge in [0.1, 0.15) is 5.75 Å². The Balaban J connectivity index is 2.79. The van der Waals surface area contributed by atoms with Crippen LogP contribution in [0.2, 0.25) is 0 Å². The number of hydrogen-bond acceptors (Lipinski definition) is 3. The number of halogens is 1. The third-order valence-corrected chi connectivity index (χ3v) is 1.38. The second-order valence-corrected chi connectivity index (χ2v) is 2.85. The Morgan fingerprint density at radius 1 is 1.64 bits per heavy atom. The van der Waals surface area contributed by atoms with Crippen molar-refractivity contribution in [1.29, 1.82) is 0 Å². The van der Waals surface area contributed by atoms with Crippen molar-refractivity contribution in [2.45, 2.75) is 6.92 Å². The number of carbonyl (C=O) groups is 1. The molecule has 0 N–H and O–H groups in total. The highest BCUT2D eigenvalue weighted by molar-refractivity contribution is 9.10. The molecule has 1 heterocycles. The fourth-order valence-electron chi connectivity index (χ4n) is 0.614. The number of ether oxygens (including phenoxy) is 1. The highest BCUT2D eigenvalue weighted by Gasteiger charge is 1.97. The van der Waals surface area contributed by atoms with Crippen LogP contribution in [0.15, 0.2) is 22.9 Å². The molecule has 0 amide bonds. The van der Waals surface area contributed by atoms with Gasteiger partial charge in [-0.3, -0.25) is 9.78 Å². The van der Waals surface area contributed by atoms with E-state index in [0.717, 1.165) is 4.47 Å². The van der Waals surface area contributed by atoms with Crippen LogP contribution in [0.5, 0.6) is 5.75 Å². The van der Waals surface area contributed by atoms with E-state index in [-0.39, 0.29) is 5.97 Å². The quantitative estimate of drug-likeness (QED) is 0.671. The molecule has 0 unspecified atom stereocenters. The van der Waals surface area contributed by atoms with Gasteiger partial charge in [-0.25, -0.2) is 0 Å². The Bertz CT molecular complexity index is 275. The molecule has 1 aromatic rings. The lowest BCUT2D eigenvalue weighted by atomic mass is 10.5. The first-order valence-corrected chi connectivity index (χ1v) is 3.77. The number of pyridine rings is 1. The van der Waals surface area contributed by atoms with Gasteiger partial charge in [-0.2, -0.15) is 0 Å². The molecule has 1 rings (SSSR count). The molecule has 0 fully saturated rings. The van der Waals surface area contributed by atoms with Crippen molar-refractivity contribution in [3.8, 4) is 5.75 Å². The minimum absolute atomic E-state index is 0.343. The van der Waals surface area contributed by atoms with Gasteiger partial charge in [-0.05, 0) is 22.0 Å². The van der Waals surface area contributed by atoms with E-state index < -0.39 is 0 Å². The smallest absolute Gasteiger partial charge is 0.308 e. The molecule has 3 nitrogen and oxygen atoms in total. The molecular weight excluding hydrogens is 210 g/mol. The number of aromatic nitrogens is 1. The molecule has 0 aliphatic carbocycles. The van der Waals surface area contributed by atoms with Gasteiger partial charge in [0, 0.05) is 17.6 Å². The van der Waals surface area contributed by atoms with E-state index in [1.807, 2.05) is 0 Å². The molecule has 0 atom stereocenters. The maximum absolute atomic E-state index is 10.5. The summed E-state index contributed by atoms with van der Waals surface area (Å²) in [6.07, 6.45) is 3.10. The fourth-order valence-corrected chi connectivity index (χ4v) is 0.958. The third kappa shape index (κ3) is 2.67. The molecule has 0 aliphatic heterocycles. The normalized spacial score (nSPS) is 9.27. The zero-order valence-corrected chi connectivity index (χ0v) is 7.46. The van der Waals surface area contributed by atoms with E-state index in [1.165, 1.54) is 13.1 Å². The monoisotopic (exact) mass is 215 g/mol. The molecule has 0 spiro atoms. The van der Waals surface area contributed by atoms with Gasteiger partial charge in [-0.1, -0.05) is 0 Å². The van der Waals surface area contributed by atoms with Crippen LogP contribution in [0, 0.1) is 0 Å². The number of carbonyl (C=O) groups excluding carboxylic acids is 1. The van der Waals surface area contributed by atoms with Gasteiger partial charge in [0.15, 0.2) is 0 Å². The van der Waals surface area contributed by atoms with Crippen molar-refractivity contribution in [2.75, 3.05) is 0 Å². The molecular formula is C7H6BrNO2. The molecule has 4 heteroatoms. The van der Waals surface area contributed by atoms with Crippen LogP contribution in [-0.2, 0) is 4.79 Å². The molecule has 11 heavy (non-hydrogen) atoms. The molecule has 0 radical (unpaired) electrons. The number of hydrogen-bond donors (Lipinski definition) is 0. The molecule has 0 saturated carbocycles. The Morgan fingerprint density at radius 3 is 2.91 bits per heavy atom. The van der Waals surface area contributed by atoms with Gasteiger partial charge in [0.05, 0.1) is 6.20 Å². The number of rotatable bonds is 1. The molecule has 0 aliphatic rings. The lowest BCUT2D eigenvalue weighted by molar-refractivity contribution is -0.131. The molecule has 0 bridgehead atoms.